The Kier molecular flexibility index (Phi) is 8.16. The molecule has 1 saturated heterocycles. The topological polar surface area (TPSA) is 83.7 Å². The van der Waals surface area contributed by atoms with Crippen molar-refractivity contribution in [3.8, 4) is 17.2 Å². The van der Waals surface area contributed by atoms with Crippen LogP contribution in [0.3, 0.4) is 0 Å². The molecule has 0 bridgehead atoms. The molecule has 1 fully saturated rings. The average Bonchev–Trinajstić information content (AvgIpc) is 3.35. The van der Waals surface area contributed by atoms with Gasteiger partial charge in [0.05, 0.1) is 37.7 Å². The standard InChI is InChI=1S/C23H25F2N3O5.ClH/c1-31-19-6-3-14(9-20(19)32-2)12-27-22(29)17-10-16(33-13-21(24)25)4-5-18(17)28(23(27)30)15-7-8-26-11-15;/h3-6,9-10,15,21,26H,7-8,11-13H2,1-2H3;1H. The van der Waals surface area contributed by atoms with Crippen LogP contribution in [0.4, 0.5) is 8.78 Å². The fourth-order valence-electron chi connectivity index (χ4n) is 4.12. The van der Waals surface area contributed by atoms with Crippen LogP contribution in [-0.4, -0.2) is 49.5 Å². The largest absolute Gasteiger partial charge is 0.493 e. The van der Waals surface area contributed by atoms with Crippen LogP contribution in [0.2, 0.25) is 0 Å². The van der Waals surface area contributed by atoms with Gasteiger partial charge in [-0.2, -0.15) is 0 Å². The lowest BCUT2D eigenvalue weighted by Gasteiger charge is -2.19. The molecule has 1 aliphatic rings. The molecule has 34 heavy (non-hydrogen) atoms. The molecule has 184 valence electrons. The van der Waals surface area contributed by atoms with Crippen LogP contribution in [0.1, 0.15) is 18.0 Å². The molecular weight excluding hydrogens is 472 g/mol. The summed E-state index contributed by atoms with van der Waals surface area (Å²) in [6, 6.07) is 9.53. The normalized spacial score (nSPS) is 15.4. The van der Waals surface area contributed by atoms with Gasteiger partial charge in [-0.15, -0.1) is 12.4 Å². The number of alkyl halides is 2. The molecule has 0 amide bonds. The maximum Gasteiger partial charge on any atom is 0.332 e. The molecule has 2 aromatic carbocycles. The molecule has 1 N–H and O–H groups in total. The molecule has 1 aliphatic heterocycles. The van der Waals surface area contributed by atoms with Gasteiger partial charge < -0.3 is 19.5 Å². The van der Waals surface area contributed by atoms with Gasteiger partial charge in [-0.3, -0.25) is 13.9 Å². The Morgan fingerprint density at radius 2 is 1.85 bits per heavy atom. The van der Waals surface area contributed by atoms with Crippen molar-refractivity contribution in [3.63, 3.8) is 0 Å². The SMILES string of the molecule is COc1ccc(Cn2c(=O)c3cc(OCC(F)F)ccc3n(C3CCNC3)c2=O)cc1OC.Cl. The first-order valence-corrected chi connectivity index (χ1v) is 10.5. The molecule has 0 saturated carbocycles. The monoisotopic (exact) mass is 497 g/mol. The molecule has 8 nitrogen and oxygen atoms in total. The number of halogens is 3. The van der Waals surface area contributed by atoms with Crippen molar-refractivity contribution in [2.75, 3.05) is 33.9 Å². The summed E-state index contributed by atoms with van der Waals surface area (Å²) in [7, 11) is 3.03. The third-order valence-corrected chi connectivity index (χ3v) is 5.70. The lowest BCUT2D eigenvalue weighted by Crippen LogP contribution is -2.42. The lowest BCUT2D eigenvalue weighted by molar-refractivity contribution is 0.0819. The molecule has 11 heteroatoms. The highest BCUT2D eigenvalue weighted by atomic mass is 35.5. The van der Waals surface area contributed by atoms with E-state index >= 15 is 0 Å². The second kappa shape index (κ2) is 10.9. The molecule has 1 unspecified atom stereocenters. The van der Waals surface area contributed by atoms with Crippen LogP contribution in [0.25, 0.3) is 10.9 Å². The van der Waals surface area contributed by atoms with Crippen LogP contribution in [0, 0.1) is 0 Å². The summed E-state index contributed by atoms with van der Waals surface area (Å²) in [5, 5.41) is 3.46. The van der Waals surface area contributed by atoms with Gasteiger partial charge in [-0.1, -0.05) is 6.07 Å². The van der Waals surface area contributed by atoms with Crippen molar-refractivity contribution in [2.24, 2.45) is 0 Å². The molecule has 0 spiro atoms. The minimum absolute atomic E-state index is 0. The third kappa shape index (κ3) is 5.02. The number of hydrogen-bond acceptors (Lipinski definition) is 6. The first kappa shape index (κ1) is 25.5. The molecule has 1 atom stereocenters. The summed E-state index contributed by atoms with van der Waals surface area (Å²) in [6.07, 6.45) is -1.91. The zero-order chi connectivity index (χ0) is 23.5. The van der Waals surface area contributed by atoms with Gasteiger partial charge in [-0.05, 0) is 48.9 Å². The summed E-state index contributed by atoms with van der Waals surface area (Å²) >= 11 is 0. The van der Waals surface area contributed by atoms with Crippen LogP contribution in [0.15, 0.2) is 46.0 Å². The van der Waals surface area contributed by atoms with Gasteiger partial charge in [0.15, 0.2) is 11.5 Å². The van der Waals surface area contributed by atoms with Gasteiger partial charge in [-0.25, -0.2) is 13.6 Å². The quantitative estimate of drug-likeness (QED) is 0.515. The van der Waals surface area contributed by atoms with Crippen molar-refractivity contribution in [1.29, 1.82) is 0 Å². The number of hydrogen-bond donors (Lipinski definition) is 1. The maximum atomic E-state index is 13.5. The molecular formula is C23H26ClF2N3O5. The first-order chi connectivity index (χ1) is 15.9. The minimum Gasteiger partial charge on any atom is -0.493 e. The number of nitrogens with one attached hydrogen (secondary N) is 1. The fraction of sp³-hybridized carbons (Fsp3) is 0.391. The Morgan fingerprint density at radius 3 is 2.50 bits per heavy atom. The Balaban J connectivity index is 0.00000324. The van der Waals surface area contributed by atoms with E-state index in [1.165, 1.54) is 26.4 Å². The molecule has 1 aromatic heterocycles. The van der Waals surface area contributed by atoms with Crippen molar-refractivity contribution < 1.29 is 23.0 Å². The first-order valence-electron chi connectivity index (χ1n) is 10.5. The van der Waals surface area contributed by atoms with Crippen molar-refractivity contribution in [2.45, 2.75) is 25.4 Å². The molecule has 4 rings (SSSR count). The Hall–Kier alpha value is -3.11. The van der Waals surface area contributed by atoms with Gasteiger partial charge in [0, 0.05) is 6.54 Å². The van der Waals surface area contributed by atoms with Gasteiger partial charge in [0.25, 0.3) is 12.0 Å². The number of methoxy groups -OCH3 is 2. The fourth-order valence-corrected chi connectivity index (χ4v) is 4.12. The number of fused-ring (bicyclic) bond motifs is 1. The molecule has 3 aromatic rings. The van der Waals surface area contributed by atoms with E-state index in [1.54, 1.807) is 28.8 Å². The predicted molar refractivity (Wildman–Crippen MR) is 126 cm³/mol. The van der Waals surface area contributed by atoms with E-state index in [9.17, 15) is 18.4 Å². The summed E-state index contributed by atoms with van der Waals surface area (Å²) in [5.41, 5.74) is 0.172. The Labute approximate surface area is 200 Å². The van der Waals surface area contributed by atoms with Crippen molar-refractivity contribution in [1.82, 2.24) is 14.5 Å². The highest BCUT2D eigenvalue weighted by Gasteiger charge is 2.23. The minimum atomic E-state index is -2.64. The molecule has 0 aliphatic carbocycles. The van der Waals surface area contributed by atoms with Gasteiger partial charge in [0.1, 0.15) is 12.4 Å². The lowest BCUT2D eigenvalue weighted by atomic mass is 10.1. The van der Waals surface area contributed by atoms with Crippen LogP contribution < -0.4 is 30.8 Å². The number of ether oxygens (including phenoxy) is 3. The van der Waals surface area contributed by atoms with E-state index < -0.39 is 24.3 Å². The zero-order valence-corrected chi connectivity index (χ0v) is 19.6. The van der Waals surface area contributed by atoms with Crippen LogP contribution >= 0.6 is 12.4 Å². The second-order valence-electron chi connectivity index (χ2n) is 7.76. The maximum absolute atomic E-state index is 13.5. The number of nitrogens with zero attached hydrogens (tertiary/aromatic N) is 2. The van der Waals surface area contributed by atoms with E-state index in [4.69, 9.17) is 14.2 Å². The summed E-state index contributed by atoms with van der Waals surface area (Å²) in [5.74, 6) is 1.15. The Bertz CT molecular complexity index is 1270. The van der Waals surface area contributed by atoms with E-state index in [0.717, 1.165) is 17.5 Å². The van der Waals surface area contributed by atoms with E-state index in [2.05, 4.69) is 5.32 Å². The second-order valence-corrected chi connectivity index (χ2v) is 7.76. The average molecular weight is 498 g/mol. The highest BCUT2D eigenvalue weighted by molar-refractivity contribution is 5.85. The predicted octanol–water partition coefficient (Wildman–Crippen LogP) is 2.83. The summed E-state index contributed by atoms with van der Waals surface area (Å²) < 4.78 is 43.6. The van der Waals surface area contributed by atoms with Crippen molar-refractivity contribution in [3.05, 3.63) is 62.8 Å². The molecule has 0 radical (unpaired) electrons. The van der Waals surface area contributed by atoms with Crippen LogP contribution in [-0.2, 0) is 6.54 Å². The van der Waals surface area contributed by atoms with Gasteiger partial charge in [0.2, 0.25) is 0 Å². The number of rotatable bonds is 8. The highest BCUT2D eigenvalue weighted by Crippen LogP contribution is 2.28. The third-order valence-electron chi connectivity index (χ3n) is 5.70. The zero-order valence-electron chi connectivity index (χ0n) is 18.8. The van der Waals surface area contributed by atoms with Gasteiger partial charge >= 0.3 is 5.69 Å². The van der Waals surface area contributed by atoms with Crippen molar-refractivity contribution >= 4 is 23.3 Å². The summed E-state index contributed by atoms with van der Waals surface area (Å²) in [6.45, 7) is 0.573. The molecule has 2 heterocycles. The summed E-state index contributed by atoms with van der Waals surface area (Å²) in [4.78, 5) is 26.8. The number of aromatic nitrogens is 2. The number of benzene rings is 2. The smallest absolute Gasteiger partial charge is 0.332 e. The Morgan fingerprint density at radius 1 is 1.09 bits per heavy atom. The van der Waals surface area contributed by atoms with E-state index in [1.807, 2.05) is 0 Å². The van der Waals surface area contributed by atoms with Crippen LogP contribution in [0.5, 0.6) is 17.2 Å². The van der Waals surface area contributed by atoms with E-state index in [-0.39, 0.29) is 36.1 Å². The van der Waals surface area contributed by atoms with E-state index in [0.29, 0.717) is 29.1 Å².